The van der Waals surface area contributed by atoms with Crippen LogP contribution in [-0.4, -0.2) is 33.5 Å². The molecule has 1 amide bonds. The van der Waals surface area contributed by atoms with E-state index in [1.165, 1.54) is 6.07 Å². The Labute approximate surface area is 205 Å². The van der Waals surface area contributed by atoms with Gasteiger partial charge in [-0.25, -0.2) is 8.78 Å². The molecule has 1 atom stereocenters. The van der Waals surface area contributed by atoms with Crippen LogP contribution >= 0.6 is 11.8 Å². The van der Waals surface area contributed by atoms with Crippen molar-refractivity contribution >= 4 is 23.4 Å². The van der Waals surface area contributed by atoms with Crippen molar-refractivity contribution in [2.45, 2.75) is 18.2 Å². The van der Waals surface area contributed by atoms with Gasteiger partial charge in [-0.05, 0) is 55.5 Å². The number of benzene rings is 3. The Hall–Kier alpha value is -3.92. The standard InChI is InChI=1S/C25H22F2N4O3S/c1-16(34-20-11-9-19(33-2)10-12-20)24-29-30-25(31(24)18-6-4-3-5-7-18)35-15-23(32)28-17-8-13-21(26)22(27)14-17/h3-14,16H,15H2,1-2H3,(H,28,32). The summed E-state index contributed by atoms with van der Waals surface area (Å²) in [5, 5.41) is 11.6. The van der Waals surface area contributed by atoms with Gasteiger partial charge in [0.25, 0.3) is 0 Å². The third-order valence-electron chi connectivity index (χ3n) is 4.94. The fourth-order valence-corrected chi connectivity index (χ4v) is 4.03. The van der Waals surface area contributed by atoms with Crippen molar-refractivity contribution in [3.8, 4) is 17.2 Å². The molecule has 0 aliphatic carbocycles. The Morgan fingerprint density at radius 2 is 1.71 bits per heavy atom. The van der Waals surface area contributed by atoms with E-state index in [0.717, 1.165) is 35.3 Å². The molecule has 3 aromatic carbocycles. The summed E-state index contributed by atoms with van der Waals surface area (Å²) in [5.41, 5.74) is 0.974. The highest BCUT2D eigenvalue weighted by atomic mass is 32.2. The highest BCUT2D eigenvalue weighted by Gasteiger charge is 2.22. The Balaban J connectivity index is 1.52. The Morgan fingerprint density at radius 3 is 2.40 bits per heavy atom. The highest BCUT2D eigenvalue weighted by molar-refractivity contribution is 7.99. The molecule has 0 aliphatic rings. The summed E-state index contributed by atoms with van der Waals surface area (Å²) in [6.45, 7) is 1.86. The predicted octanol–water partition coefficient (Wildman–Crippen LogP) is 5.42. The molecule has 0 fully saturated rings. The fourth-order valence-electron chi connectivity index (χ4n) is 3.27. The van der Waals surface area contributed by atoms with Crippen molar-refractivity contribution in [1.82, 2.24) is 14.8 Å². The van der Waals surface area contributed by atoms with Crippen LogP contribution in [-0.2, 0) is 4.79 Å². The summed E-state index contributed by atoms with van der Waals surface area (Å²) in [6, 6.07) is 19.9. The van der Waals surface area contributed by atoms with Crippen LogP contribution in [0.25, 0.3) is 5.69 Å². The molecule has 1 unspecified atom stereocenters. The number of methoxy groups -OCH3 is 1. The second kappa shape index (κ2) is 11.0. The first-order chi connectivity index (χ1) is 16.9. The number of nitrogens with zero attached hydrogens (tertiary/aromatic N) is 3. The number of anilines is 1. The maximum absolute atomic E-state index is 13.4. The normalized spacial score (nSPS) is 11.7. The summed E-state index contributed by atoms with van der Waals surface area (Å²) < 4.78 is 39.6. The molecule has 4 aromatic rings. The second-order valence-electron chi connectivity index (χ2n) is 7.41. The molecule has 10 heteroatoms. The van der Waals surface area contributed by atoms with Gasteiger partial charge in [-0.15, -0.1) is 10.2 Å². The molecule has 1 N–H and O–H groups in total. The molecule has 35 heavy (non-hydrogen) atoms. The summed E-state index contributed by atoms with van der Waals surface area (Å²) in [5.74, 6) is -0.513. The van der Waals surface area contributed by atoms with E-state index in [1.807, 2.05) is 41.8 Å². The van der Waals surface area contributed by atoms with Gasteiger partial charge in [-0.2, -0.15) is 0 Å². The van der Waals surface area contributed by atoms with Crippen molar-refractivity contribution < 1.29 is 23.0 Å². The van der Waals surface area contributed by atoms with E-state index in [1.54, 1.807) is 31.4 Å². The predicted molar refractivity (Wildman–Crippen MR) is 129 cm³/mol. The molecule has 180 valence electrons. The highest BCUT2D eigenvalue weighted by Crippen LogP contribution is 2.28. The number of thioether (sulfide) groups is 1. The first-order valence-corrected chi connectivity index (χ1v) is 11.6. The minimum atomic E-state index is -1.03. The van der Waals surface area contributed by atoms with Gasteiger partial charge in [0.05, 0.1) is 12.9 Å². The van der Waals surface area contributed by atoms with Crippen LogP contribution in [0.15, 0.2) is 78.0 Å². The number of para-hydroxylation sites is 1. The zero-order valence-electron chi connectivity index (χ0n) is 18.9. The van der Waals surface area contributed by atoms with Crippen molar-refractivity contribution in [2.24, 2.45) is 0 Å². The van der Waals surface area contributed by atoms with E-state index < -0.39 is 23.6 Å². The van der Waals surface area contributed by atoms with Gasteiger partial charge < -0.3 is 14.8 Å². The summed E-state index contributed by atoms with van der Waals surface area (Å²) in [6.07, 6.45) is -0.457. The van der Waals surface area contributed by atoms with Crippen LogP contribution in [0, 0.1) is 11.6 Å². The number of halogens is 2. The fraction of sp³-hybridized carbons (Fsp3) is 0.160. The van der Waals surface area contributed by atoms with Crippen LogP contribution in [0.3, 0.4) is 0 Å². The molecule has 1 aromatic heterocycles. The number of amides is 1. The first-order valence-electron chi connectivity index (χ1n) is 10.6. The van der Waals surface area contributed by atoms with Crippen molar-refractivity contribution in [3.63, 3.8) is 0 Å². The maximum Gasteiger partial charge on any atom is 0.234 e. The van der Waals surface area contributed by atoms with Crippen LogP contribution in [0.4, 0.5) is 14.5 Å². The first kappa shape index (κ1) is 24.2. The SMILES string of the molecule is COc1ccc(OC(C)c2nnc(SCC(=O)Nc3ccc(F)c(F)c3)n2-c2ccccc2)cc1. The summed E-state index contributed by atoms with van der Waals surface area (Å²) in [4.78, 5) is 12.4. The monoisotopic (exact) mass is 496 g/mol. The molecule has 0 aliphatic heterocycles. The van der Waals surface area contributed by atoms with E-state index >= 15 is 0 Å². The average Bonchev–Trinajstić information content (AvgIpc) is 3.30. The van der Waals surface area contributed by atoms with Crippen LogP contribution in [0.2, 0.25) is 0 Å². The lowest BCUT2D eigenvalue weighted by Crippen LogP contribution is -2.15. The number of hydrogen-bond acceptors (Lipinski definition) is 6. The number of carbonyl (C=O) groups excluding carboxylic acids is 1. The van der Waals surface area contributed by atoms with Crippen LogP contribution in [0.5, 0.6) is 11.5 Å². The maximum atomic E-state index is 13.4. The Bertz CT molecular complexity index is 1300. The van der Waals surface area contributed by atoms with Gasteiger partial charge in [-0.3, -0.25) is 9.36 Å². The van der Waals surface area contributed by atoms with Gasteiger partial charge >= 0.3 is 0 Å². The van der Waals surface area contributed by atoms with Crippen molar-refractivity contribution in [1.29, 1.82) is 0 Å². The van der Waals surface area contributed by atoms with E-state index in [4.69, 9.17) is 9.47 Å². The third-order valence-corrected chi connectivity index (χ3v) is 5.87. The molecule has 0 radical (unpaired) electrons. The van der Waals surface area contributed by atoms with Gasteiger partial charge in [0.1, 0.15) is 11.5 Å². The molecular weight excluding hydrogens is 474 g/mol. The van der Waals surface area contributed by atoms with Crippen LogP contribution in [0.1, 0.15) is 18.9 Å². The van der Waals surface area contributed by atoms with Gasteiger partial charge in [0, 0.05) is 17.4 Å². The molecule has 4 rings (SSSR count). The van der Waals surface area contributed by atoms with E-state index in [9.17, 15) is 13.6 Å². The lowest BCUT2D eigenvalue weighted by atomic mass is 10.3. The molecule has 0 spiro atoms. The smallest absolute Gasteiger partial charge is 0.234 e. The lowest BCUT2D eigenvalue weighted by molar-refractivity contribution is -0.113. The number of ether oxygens (including phenoxy) is 2. The van der Waals surface area contributed by atoms with Gasteiger partial charge in [0.15, 0.2) is 28.7 Å². The zero-order valence-corrected chi connectivity index (χ0v) is 19.8. The molecule has 0 bridgehead atoms. The third kappa shape index (κ3) is 5.96. The quantitative estimate of drug-likeness (QED) is 0.312. The zero-order chi connectivity index (χ0) is 24.8. The minimum absolute atomic E-state index is 0.0162. The summed E-state index contributed by atoms with van der Waals surface area (Å²) >= 11 is 1.16. The Morgan fingerprint density at radius 1 is 1.00 bits per heavy atom. The second-order valence-corrected chi connectivity index (χ2v) is 8.36. The number of hydrogen-bond donors (Lipinski definition) is 1. The number of carbonyl (C=O) groups is 1. The topological polar surface area (TPSA) is 78.3 Å². The summed E-state index contributed by atoms with van der Waals surface area (Å²) in [7, 11) is 1.60. The molecule has 7 nitrogen and oxygen atoms in total. The van der Waals surface area contributed by atoms with Crippen molar-refractivity contribution in [2.75, 3.05) is 18.2 Å². The molecule has 0 saturated heterocycles. The average molecular weight is 497 g/mol. The Kier molecular flexibility index (Phi) is 7.61. The van der Waals surface area contributed by atoms with Crippen molar-refractivity contribution in [3.05, 3.63) is 90.3 Å². The van der Waals surface area contributed by atoms with E-state index in [-0.39, 0.29) is 11.4 Å². The van der Waals surface area contributed by atoms with Gasteiger partial charge in [0.2, 0.25) is 5.91 Å². The lowest BCUT2D eigenvalue weighted by Gasteiger charge is -2.17. The van der Waals surface area contributed by atoms with Crippen LogP contribution < -0.4 is 14.8 Å². The van der Waals surface area contributed by atoms with E-state index in [2.05, 4.69) is 15.5 Å². The number of rotatable bonds is 9. The molecule has 1 heterocycles. The number of aromatic nitrogens is 3. The van der Waals surface area contributed by atoms with E-state index in [0.29, 0.717) is 16.7 Å². The minimum Gasteiger partial charge on any atom is -0.497 e. The molecule has 0 saturated carbocycles. The van der Waals surface area contributed by atoms with Gasteiger partial charge in [-0.1, -0.05) is 30.0 Å². The largest absolute Gasteiger partial charge is 0.497 e. The number of nitrogens with one attached hydrogen (secondary N) is 1. The molecular formula is C25H22F2N4O3S.